The fourth-order valence-corrected chi connectivity index (χ4v) is 4.93. The monoisotopic (exact) mass is 470 g/mol. The van der Waals surface area contributed by atoms with Crippen LogP contribution in [-0.4, -0.2) is 97.5 Å². The van der Waals surface area contributed by atoms with Crippen LogP contribution in [0.15, 0.2) is 36.4 Å². The van der Waals surface area contributed by atoms with Gasteiger partial charge in [-0.05, 0) is 49.2 Å². The van der Waals surface area contributed by atoms with Crippen molar-refractivity contribution in [1.29, 1.82) is 0 Å². The number of amides is 1. The van der Waals surface area contributed by atoms with E-state index in [0.717, 1.165) is 64.1 Å². The summed E-state index contributed by atoms with van der Waals surface area (Å²) < 4.78 is 5.78. The lowest BCUT2D eigenvalue weighted by Crippen LogP contribution is -2.49. The average Bonchev–Trinajstić information content (AvgIpc) is 3.38. The molecule has 1 unspecified atom stereocenters. The molecule has 3 saturated heterocycles. The first kappa shape index (κ1) is 22.4. The molecule has 4 heterocycles. The summed E-state index contributed by atoms with van der Waals surface area (Å²) in [6, 6.07) is 11.2. The first-order valence-electron chi connectivity index (χ1n) is 11.9. The van der Waals surface area contributed by atoms with Gasteiger partial charge in [-0.25, -0.2) is 0 Å². The lowest BCUT2D eigenvalue weighted by molar-refractivity contribution is 0.0712. The van der Waals surface area contributed by atoms with E-state index < -0.39 is 0 Å². The number of hydrogen-bond donors (Lipinski definition) is 0. The van der Waals surface area contributed by atoms with Gasteiger partial charge in [0.25, 0.3) is 5.91 Å². The lowest BCUT2D eigenvalue weighted by Gasteiger charge is -2.37. The van der Waals surface area contributed by atoms with Crippen LogP contribution >= 0.6 is 11.6 Å². The summed E-state index contributed by atoms with van der Waals surface area (Å²) in [5, 5.41) is 9.65. The summed E-state index contributed by atoms with van der Waals surface area (Å²) in [6.07, 6.45) is 2.80. The molecule has 0 spiro atoms. The Bertz CT molecular complexity index is 919. The second kappa shape index (κ2) is 10.2. The molecule has 1 atom stereocenters. The second-order valence-electron chi connectivity index (χ2n) is 8.96. The molecule has 176 valence electrons. The van der Waals surface area contributed by atoms with E-state index in [4.69, 9.17) is 16.3 Å². The third-order valence-corrected chi connectivity index (χ3v) is 7.05. The quantitative estimate of drug-likeness (QED) is 0.664. The van der Waals surface area contributed by atoms with E-state index in [2.05, 4.69) is 37.0 Å². The van der Waals surface area contributed by atoms with Gasteiger partial charge in [-0.1, -0.05) is 11.6 Å². The number of anilines is 2. The van der Waals surface area contributed by atoms with E-state index in [-0.39, 0.29) is 5.91 Å². The van der Waals surface area contributed by atoms with Gasteiger partial charge in [-0.15, -0.1) is 10.2 Å². The van der Waals surface area contributed by atoms with Crippen molar-refractivity contribution in [1.82, 2.24) is 20.0 Å². The van der Waals surface area contributed by atoms with Crippen molar-refractivity contribution < 1.29 is 9.53 Å². The average molecular weight is 471 g/mol. The maximum Gasteiger partial charge on any atom is 0.253 e. The van der Waals surface area contributed by atoms with Gasteiger partial charge in [-0.2, -0.15) is 0 Å². The molecule has 1 aromatic carbocycles. The van der Waals surface area contributed by atoms with Crippen LogP contribution in [0.2, 0.25) is 5.02 Å². The Morgan fingerprint density at radius 2 is 1.48 bits per heavy atom. The van der Waals surface area contributed by atoms with E-state index in [0.29, 0.717) is 29.8 Å². The van der Waals surface area contributed by atoms with Crippen LogP contribution in [0.4, 0.5) is 11.6 Å². The number of benzene rings is 1. The van der Waals surface area contributed by atoms with E-state index >= 15 is 0 Å². The van der Waals surface area contributed by atoms with Crippen LogP contribution in [0.5, 0.6) is 0 Å². The van der Waals surface area contributed by atoms with Crippen LogP contribution in [0, 0.1) is 0 Å². The molecule has 2 aromatic rings. The highest BCUT2D eigenvalue weighted by Crippen LogP contribution is 2.20. The first-order valence-corrected chi connectivity index (χ1v) is 12.3. The lowest BCUT2D eigenvalue weighted by atomic mass is 10.2. The van der Waals surface area contributed by atoms with Gasteiger partial charge < -0.3 is 19.4 Å². The number of hydrogen-bond acceptors (Lipinski definition) is 7. The Morgan fingerprint density at radius 1 is 0.879 bits per heavy atom. The van der Waals surface area contributed by atoms with Gasteiger partial charge in [-0.3, -0.25) is 9.69 Å². The molecule has 0 bridgehead atoms. The molecule has 33 heavy (non-hydrogen) atoms. The van der Waals surface area contributed by atoms with Crippen molar-refractivity contribution in [2.75, 3.05) is 75.3 Å². The molecule has 8 nitrogen and oxygen atoms in total. The fraction of sp³-hybridized carbons (Fsp3) is 0.542. The largest absolute Gasteiger partial charge is 0.377 e. The smallest absolute Gasteiger partial charge is 0.253 e. The van der Waals surface area contributed by atoms with Crippen molar-refractivity contribution in [2.24, 2.45) is 0 Å². The van der Waals surface area contributed by atoms with E-state index in [1.807, 2.05) is 4.90 Å². The van der Waals surface area contributed by atoms with Gasteiger partial charge in [0, 0.05) is 76.1 Å². The Labute approximate surface area is 200 Å². The zero-order valence-corrected chi connectivity index (χ0v) is 19.7. The molecule has 0 saturated carbocycles. The highest BCUT2D eigenvalue weighted by atomic mass is 35.5. The maximum atomic E-state index is 12.7. The molecule has 5 rings (SSSR count). The SMILES string of the molecule is O=C(c1ccc(Cl)cc1)N1CCN(c2ccc(N3CCN(CC4CCCO4)CC3)nn2)CC1. The Kier molecular flexibility index (Phi) is 6.94. The summed E-state index contributed by atoms with van der Waals surface area (Å²) >= 11 is 5.93. The second-order valence-corrected chi connectivity index (χ2v) is 9.39. The van der Waals surface area contributed by atoms with Crippen molar-refractivity contribution in [3.05, 3.63) is 47.0 Å². The molecule has 0 aliphatic carbocycles. The van der Waals surface area contributed by atoms with Crippen LogP contribution in [-0.2, 0) is 4.74 Å². The van der Waals surface area contributed by atoms with E-state index in [9.17, 15) is 4.79 Å². The van der Waals surface area contributed by atoms with Crippen LogP contribution in [0.25, 0.3) is 0 Å². The fourth-order valence-electron chi connectivity index (χ4n) is 4.81. The molecule has 0 N–H and O–H groups in total. The third-order valence-electron chi connectivity index (χ3n) is 6.80. The molecule has 1 amide bonds. The predicted octanol–water partition coefficient (Wildman–Crippen LogP) is 2.39. The van der Waals surface area contributed by atoms with Crippen LogP contribution < -0.4 is 9.80 Å². The summed E-state index contributed by atoms with van der Waals surface area (Å²) in [5.74, 6) is 1.85. The summed E-state index contributed by atoms with van der Waals surface area (Å²) in [6.45, 7) is 8.78. The van der Waals surface area contributed by atoms with Gasteiger partial charge in [0.2, 0.25) is 0 Å². The molecule has 3 fully saturated rings. The summed E-state index contributed by atoms with van der Waals surface area (Å²) in [5.41, 5.74) is 0.674. The van der Waals surface area contributed by atoms with Crippen molar-refractivity contribution in [3.8, 4) is 0 Å². The number of carbonyl (C=O) groups is 1. The minimum atomic E-state index is 0.0476. The standard InChI is InChI=1S/C24H31ClN6O2/c25-20-5-3-19(4-6-20)24(32)31-15-13-30(14-16-31)23-8-7-22(26-27-23)29-11-9-28(10-12-29)18-21-2-1-17-33-21/h3-8,21H,1-2,9-18H2. The maximum absolute atomic E-state index is 12.7. The van der Waals surface area contributed by atoms with Crippen LogP contribution in [0.1, 0.15) is 23.2 Å². The Morgan fingerprint density at radius 3 is 2.03 bits per heavy atom. The zero-order chi connectivity index (χ0) is 22.6. The number of aromatic nitrogens is 2. The van der Waals surface area contributed by atoms with Gasteiger partial charge in [0.1, 0.15) is 0 Å². The minimum Gasteiger partial charge on any atom is -0.377 e. The van der Waals surface area contributed by atoms with Gasteiger partial charge in [0.05, 0.1) is 6.10 Å². The zero-order valence-electron chi connectivity index (χ0n) is 18.9. The van der Waals surface area contributed by atoms with E-state index in [1.165, 1.54) is 12.8 Å². The Balaban J connectivity index is 1.10. The molecule has 0 radical (unpaired) electrons. The number of ether oxygens (including phenoxy) is 1. The highest BCUT2D eigenvalue weighted by molar-refractivity contribution is 6.30. The predicted molar refractivity (Wildman–Crippen MR) is 129 cm³/mol. The molecule has 3 aliphatic rings. The Hall–Kier alpha value is -2.42. The number of rotatable bonds is 5. The summed E-state index contributed by atoms with van der Waals surface area (Å²) in [4.78, 5) is 21.6. The third kappa shape index (κ3) is 5.39. The van der Waals surface area contributed by atoms with Crippen molar-refractivity contribution in [2.45, 2.75) is 18.9 Å². The highest BCUT2D eigenvalue weighted by Gasteiger charge is 2.25. The molecule has 9 heteroatoms. The molecular weight excluding hydrogens is 440 g/mol. The summed E-state index contributed by atoms with van der Waals surface area (Å²) in [7, 11) is 0. The van der Waals surface area contributed by atoms with Crippen molar-refractivity contribution >= 4 is 29.1 Å². The van der Waals surface area contributed by atoms with E-state index in [1.54, 1.807) is 24.3 Å². The number of carbonyl (C=O) groups excluding carboxylic acids is 1. The van der Waals surface area contributed by atoms with Crippen LogP contribution in [0.3, 0.4) is 0 Å². The molecule has 3 aliphatic heterocycles. The number of halogens is 1. The van der Waals surface area contributed by atoms with Crippen molar-refractivity contribution in [3.63, 3.8) is 0 Å². The van der Waals surface area contributed by atoms with Gasteiger partial charge >= 0.3 is 0 Å². The first-order chi connectivity index (χ1) is 16.2. The molecular formula is C24H31ClN6O2. The van der Waals surface area contributed by atoms with Gasteiger partial charge in [0.15, 0.2) is 11.6 Å². The number of nitrogens with zero attached hydrogens (tertiary/aromatic N) is 6. The topological polar surface area (TPSA) is 65.0 Å². The number of piperazine rings is 2. The molecule has 1 aromatic heterocycles. The normalized spacial score (nSPS) is 22.1. The minimum absolute atomic E-state index is 0.0476.